The number of alkyl halides is 2. The Bertz CT molecular complexity index is 1060. The fraction of sp³-hybridized carbons (Fsp3) is 0.100. The molecule has 0 fully saturated rings. The summed E-state index contributed by atoms with van der Waals surface area (Å²) < 4.78 is 33.5. The molecule has 7 heteroatoms. The van der Waals surface area contributed by atoms with Gasteiger partial charge in [0, 0.05) is 45.3 Å². The van der Waals surface area contributed by atoms with Crippen molar-refractivity contribution in [2.45, 2.75) is 12.3 Å². The minimum Gasteiger partial charge on any atom is -0.388 e. The Labute approximate surface area is 151 Å². The molecule has 0 aliphatic heterocycles. The van der Waals surface area contributed by atoms with Crippen LogP contribution >= 0.6 is 0 Å². The summed E-state index contributed by atoms with van der Waals surface area (Å²) in [4.78, 5) is 29.7. The molecule has 0 amide bonds. The van der Waals surface area contributed by atoms with Gasteiger partial charge in [0.25, 0.3) is 0 Å². The van der Waals surface area contributed by atoms with Crippen molar-refractivity contribution in [2.75, 3.05) is 0 Å². The monoisotopic (exact) mass is 368 g/mol. The maximum Gasteiger partial charge on any atom is 0.353 e. The molecule has 0 aliphatic rings. The molecular formula is C20H14F2N2O3. The highest BCUT2D eigenvalue weighted by molar-refractivity contribution is 5.96. The van der Waals surface area contributed by atoms with Crippen molar-refractivity contribution in [3.8, 4) is 0 Å². The number of fused-ring (bicyclic) bond motifs is 2. The van der Waals surface area contributed by atoms with Crippen LogP contribution in [0.1, 0.15) is 23.5 Å². The molecule has 136 valence electrons. The molecule has 2 aromatic heterocycles. The lowest BCUT2D eigenvalue weighted by Crippen LogP contribution is -2.20. The van der Waals surface area contributed by atoms with Gasteiger partial charge < -0.3 is 14.7 Å². The topological polar surface area (TPSA) is 75.0 Å². The van der Waals surface area contributed by atoms with Gasteiger partial charge in [0.15, 0.2) is 0 Å². The second-order valence-electron chi connectivity index (χ2n) is 6.04. The van der Waals surface area contributed by atoms with Gasteiger partial charge in [-0.25, -0.2) is 18.4 Å². The SMILES string of the molecule is O=C(OC(=O)C(F)c1c[nH]c2ccccc12)C(F)c1c[nH]c2ccccc12. The summed E-state index contributed by atoms with van der Waals surface area (Å²) in [6, 6.07) is 13.6. The Morgan fingerprint density at radius 3 is 1.59 bits per heavy atom. The molecule has 0 radical (unpaired) electrons. The van der Waals surface area contributed by atoms with E-state index >= 15 is 0 Å². The molecule has 2 N–H and O–H groups in total. The third kappa shape index (κ3) is 2.97. The van der Waals surface area contributed by atoms with Crippen LogP contribution in [0.4, 0.5) is 8.78 Å². The third-order valence-corrected chi connectivity index (χ3v) is 4.40. The molecule has 27 heavy (non-hydrogen) atoms. The van der Waals surface area contributed by atoms with Crippen LogP contribution < -0.4 is 0 Å². The molecule has 0 aliphatic carbocycles. The van der Waals surface area contributed by atoms with E-state index in [1.54, 1.807) is 48.5 Å². The summed E-state index contributed by atoms with van der Waals surface area (Å²) in [5.74, 6) is -2.90. The van der Waals surface area contributed by atoms with E-state index in [1.807, 2.05) is 0 Å². The highest BCUT2D eigenvalue weighted by atomic mass is 19.1. The second kappa shape index (κ2) is 6.68. The van der Waals surface area contributed by atoms with Crippen LogP contribution in [-0.2, 0) is 14.3 Å². The predicted octanol–water partition coefficient (Wildman–Crippen LogP) is 4.44. The average molecular weight is 368 g/mol. The first-order valence-corrected chi connectivity index (χ1v) is 8.22. The first kappa shape index (κ1) is 17.0. The quantitative estimate of drug-likeness (QED) is 0.413. The van der Waals surface area contributed by atoms with Gasteiger partial charge in [-0.05, 0) is 12.1 Å². The molecule has 2 heterocycles. The summed E-state index contributed by atoms with van der Waals surface area (Å²) in [7, 11) is 0. The number of nitrogens with one attached hydrogen (secondary N) is 2. The van der Waals surface area contributed by atoms with Crippen molar-refractivity contribution in [1.29, 1.82) is 0 Å². The van der Waals surface area contributed by atoms with Crippen molar-refractivity contribution in [1.82, 2.24) is 9.97 Å². The van der Waals surface area contributed by atoms with Crippen LogP contribution in [0.2, 0.25) is 0 Å². The van der Waals surface area contributed by atoms with Gasteiger partial charge in [0.1, 0.15) is 0 Å². The lowest BCUT2D eigenvalue weighted by molar-refractivity contribution is -0.167. The van der Waals surface area contributed by atoms with Gasteiger partial charge in [0.05, 0.1) is 0 Å². The van der Waals surface area contributed by atoms with Gasteiger partial charge >= 0.3 is 11.9 Å². The van der Waals surface area contributed by atoms with Crippen molar-refractivity contribution < 1.29 is 23.1 Å². The number of para-hydroxylation sites is 2. The van der Waals surface area contributed by atoms with Crippen molar-refractivity contribution in [2.24, 2.45) is 0 Å². The predicted molar refractivity (Wildman–Crippen MR) is 95.4 cm³/mol. The molecule has 4 aromatic rings. The highest BCUT2D eigenvalue weighted by Gasteiger charge is 2.31. The largest absolute Gasteiger partial charge is 0.388 e. The maximum absolute atomic E-state index is 14.5. The summed E-state index contributed by atoms with van der Waals surface area (Å²) in [6.45, 7) is 0. The third-order valence-electron chi connectivity index (χ3n) is 4.40. The van der Waals surface area contributed by atoms with Crippen LogP contribution in [-0.4, -0.2) is 21.9 Å². The molecule has 5 nitrogen and oxygen atoms in total. The summed E-state index contributed by atoms with van der Waals surface area (Å²) in [6.07, 6.45) is -1.76. The van der Waals surface area contributed by atoms with Crippen LogP contribution in [0.5, 0.6) is 0 Å². The zero-order chi connectivity index (χ0) is 19.0. The summed E-state index contributed by atoms with van der Waals surface area (Å²) in [5.41, 5.74) is 1.34. The van der Waals surface area contributed by atoms with E-state index < -0.39 is 24.3 Å². The van der Waals surface area contributed by atoms with Gasteiger partial charge in [-0.1, -0.05) is 36.4 Å². The lowest BCUT2D eigenvalue weighted by atomic mass is 10.1. The zero-order valence-electron chi connectivity index (χ0n) is 13.9. The molecule has 4 rings (SSSR count). The number of carbonyl (C=O) groups is 2. The standard InChI is InChI=1S/C20H14F2N2O3/c21-17(13-9-23-15-7-3-1-5-11(13)15)19(25)27-20(26)18(22)14-10-24-16-8-4-2-6-12(14)16/h1-10,17-18,23-24H. The Morgan fingerprint density at radius 2 is 1.15 bits per heavy atom. The summed E-state index contributed by atoms with van der Waals surface area (Å²) in [5, 5.41) is 0.977. The van der Waals surface area contributed by atoms with Crippen molar-refractivity contribution >= 4 is 33.7 Å². The number of hydrogen-bond donors (Lipinski definition) is 2. The number of carbonyl (C=O) groups excluding carboxylic acids is 2. The van der Waals surface area contributed by atoms with Crippen LogP contribution in [0, 0.1) is 0 Å². The molecule has 0 bridgehead atoms. The van der Waals surface area contributed by atoms with E-state index in [-0.39, 0.29) is 11.1 Å². The van der Waals surface area contributed by atoms with Crippen LogP contribution in [0.3, 0.4) is 0 Å². The van der Waals surface area contributed by atoms with Gasteiger partial charge in [-0.2, -0.15) is 0 Å². The maximum atomic E-state index is 14.5. The number of halogens is 2. The molecule has 2 atom stereocenters. The van der Waals surface area contributed by atoms with Crippen LogP contribution in [0.15, 0.2) is 60.9 Å². The minimum absolute atomic E-state index is 0.0332. The number of hydrogen-bond acceptors (Lipinski definition) is 3. The van der Waals surface area contributed by atoms with E-state index in [0.29, 0.717) is 21.8 Å². The van der Waals surface area contributed by atoms with E-state index in [4.69, 9.17) is 0 Å². The van der Waals surface area contributed by atoms with Crippen LogP contribution in [0.25, 0.3) is 21.8 Å². The molecule has 2 unspecified atom stereocenters. The van der Waals surface area contributed by atoms with Crippen molar-refractivity contribution in [3.05, 3.63) is 72.1 Å². The Kier molecular flexibility index (Phi) is 4.19. The lowest BCUT2D eigenvalue weighted by Gasteiger charge is -2.09. The first-order valence-electron chi connectivity index (χ1n) is 8.22. The normalized spacial score (nSPS) is 13.6. The number of aromatic nitrogens is 2. The summed E-state index contributed by atoms with van der Waals surface area (Å²) >= 11 is 0. The number of ether oxygens (including phenoxy) is 1. The second-order valence-corrected chi connectivity index (χ2v) is 6.04. The number of rotatable bonds is 4. The molecular weight excluding hydrogens is 354 g/mol. The number of H-pyrrole nitrogens is 2. The Balaban J connectivity index is 1.52. The van der Waals surface area contributed by atoms with E-state index in [2.05, 4.69) is 14.7 Å². The fourth-order valence-corrected chi connectivity index (χ4v) is 3.06. The minimum atomic E-state index is -2.21. The molecule has 0 spiro atoms. The smallest absolute Gasteiger partial charge is 0.353 e. The van der Waals surface area contributed by atoms with Gasteiger partial charge in [0.2, 0.25) is 12.3 Å². The first-order chi connectivity index (χ1) is 13.1. The van der Waals surface area contributed by atoms with Gasteiger partial charge in [-0.3, -0.25) is 0 Å². The average Bonchev–Trinajstić information content (AvgIpc) is 3.31. The number of esters is 2. The van der Waals surface area contributed by atoms with E-state index in [1.165, 1.54) is 12.4 Å². The number of benzene rings is 2. The highest BCUT2D eigenvalue weighted by Crippen LogP contribution is 2.30. The fourth-order valence-electron chi connectivity index (χ4n) is 3.06. The molecule has 0 saturated heterocycles. The zero-order valence-corrected chi connectivity index (χ0v) is 13.9. The molecule has 2 aromatic carbocycles. The number of aromatic amines is 2. The van der Waals surface area contributed by atoms with Crippen molar-refractivity contribution in [3.63, 3.8) is 0 Å². The Hall–Kier alpha value is -3.48. The van der Waals surface area contributed by atoms with E-state index in [9.17, 15) is 18.4 Å². The van der Waals surface area contributed by atoms with E-state index in [0.717, 1.165) is 0 Å². The van der Waals surface area contributed by atoms with Gasteiger partial charge in [-0.15, -0.1) is 0 Å². The molecule has 0 saturated carbocycles. The Morgan fingerprint density at radius 1 is 0.741 bits per heavy atom.